The van der Waals surface area contributed by atoms with Gasteiger partial charge in [-0.25, -0.2) is 0 Å². The Morgan fingerprint density at radius 3 is 2.50 bits per heavy atom. The summed E-state index contributed by atoms with van der Waals surface area (Å²) >= 11 is 0. The number of benzene rings is 1. The summed E-state index contributed by atoms with van der Waals surface area (Å²) in [7, 11) is 1.67. The van der Waals surface area contributed by atoms with Crippen LogP contribution >= 0.6 is 0 Å². The fraction of sp³-hybridized carbons (Fsp3) is 0.727. The van der Waals surface area contributed by atoms with Crippen LogP contribution in [0.2, 0.25) is 0 Å². The first kappa shape index (κ1) is 22.8. The summed E-state index contributed by atoms with van der Waals surface area (Å²) in [6.45, 7) is 7.37. The number of unbranched alkanes of at least 4 members (excludes halogenated alkanes) is 2. The van der Waals surface area contributed by atoms with Crippen LogP contribution in [0, 0.1) is 5.92 Å². The molecule has 150 valence electrons. The lowest BCUT2D eigenvalue weighted by Gasteiger charge is -2.26. The molecule has 0 aromatic heterocycles. The van der Waals surface area contributed by atoms with Crippen LogP contribution in [0.15, 0.2) is 18.2 Å². The minimum Gasteiger partial charge on any atom is -0.493 e. The summed E-state index contributed by atoms with van der Waals surface area (Å²) in [6, 6.07) is 6.08. The minimum absolute atomic E-state index is 0.0238. The molecule has 0 aliphatic heterocycles. The van der Waals surface area contributed by atoms with E-state index in [2.05, 4.69) is 26.8 Å². The molecule has 0 fully saturated rings. The summed E-state index contributed by atoms with van der Waals surface area (Å²) in [5.74, 6) is 2.35. The molecule has 1 atom stereocenters. The van der Waals surface area contributed by atoms with E-state index in [1.54, 1.807) is 7.11 Å². The highest BCUT2D eigenvalue weighted by Gasteiger charge is 2.22. The van der Waals surface area contributed by atoms with Crippen molar-refractivity contribution in [1.29, 1.82) is 0 Å². The van der Waals surface area contributed by atoms with Crippen molar-refractivity contribution in [1.82, 2.24) is 0 Å². The van der Waals surface area contributed by atoms with Crippen molar-refractivity contribution in [3.8, 4) is 11.5 Å². The fourth-order valence-electron chi connectivity index (χ4n) is 3.17. The van der Waals surface area contributed by atoms with E-state index in [1.165, 1.54) is 19.3 Å². The van der Waals surface area contributed by atoms with Crippen LogP contribution in [0.25, 0.3) is 0 Å². The van der Waals surface area contributed by atoms with Crippen molar-refractivity contribution in [2.75, 3.05) is 20.3 Å². The molecule has 4 heteroatoms. The lowest BCUT2D eigenvalue weighted by atomic mass is 9.89. The van der Waals surface area contributed by atoms with Gasteiger partial charge < -0.3 is 20.3 Å². The monoisotopic (exact) mass is 365 g/mol. The highest BCUT2D eigenvalue weighted by molar-refractivity contribution is 5.43. The van der Waals surface area contributed by atoms with Gasteiger partial charge in [-0.3, -0.25) is 0 Å². The molecule has 0 amide bonds. The lowest BCUT2D eigenvalue weighted by molar-refractivity contribution is 0.177. The SMILES string of the molecule is CCCC(N)(CO)CCc1ccc(OCCCCCC(C)C)c(OC)c1. The molecule has 26 heavy (non-hydrogen) atoms. The molecule has 0 aliphatic carbocycles. The van der Waals surface area contributed by atoms with Crippen LogP contribution in [0.3, 0.4) is 0 Å². The molecule has 3 N–H and O–H groups in total. The molecule has 1 unspecified atom stereocenters. The smallest absolute Gasteiger partial charge is 0.161 e. The predicted molar refractivity (Wildman–Crippen MR) is 109 cm³/mol. The van der Waals surface area contributed by atoms with Gasteiger partial charge in [0.2, 0.25) is 0 Å². The highest BCUT2D eigenvalue weighted by atomic mass is 16.5. The maximum Gasteiger partial charge on any atom is 0.161 e. The van der Waals surface area contributed by atoms with Gasteiger partial charge in [0.15, 0.2) is 11.5 Å². The van der Waals surface area contributed by atoms with Crippen LogP contribution in [0.4, 0.5) is 0 Å². The predicted octanol–water partition coefficient (Wildman–Crippen LogP) is 4.71. The van der Waals surface area contributed by atoms with Gasteiger partial charge in [0.1, 0.15) is 0 Å². The highest BCUT2D eigenvalue weighted by Crippen LogP contribution is 2.29. The zero-order valence-electron chi connectivity index (χ0n) is 17.2. The second kappa shape index (κ2) is 12.2. The molecule has 0 spiro atoms. The summed E-state index contributed by atoms with van der Waals surface area (Å²) in [5.41, 5.74) is 6.94. The lowest BCUT2D eigenvalue weighted by Crippen LogP contribution is -2.43. The van der Waals surface area contributed by atoms with E-state index >= 15 is 0 Å². The molecule has 0 saturated carbocycles. The Balaban J connectivity index is 2.50. The molecule has 0 radical (unpaired) electrons. The Kier molecular flexibility index (Phi) is 10.7. The Bertz CT molecular complexity index is 504. The normalized spacial score (nSPS) is 13.7. The van der Waals surface area contributed by atoms with Crippen LogP contribution in [0.5, 0.6) is 11.5 Å². The largest absolute Gasteiger partial charge is 0.493 e. The van der Waals surface area contributed by atoms with E-state index < -0.39 is 5.54 Å². The summed E-state index contributed by atoms with van der Waals surface area (Å²) in [4.78, 5) is 0. The Morgan fingerprint density at radius 2 is 1.88 bits per heavy atom. The fourth-order valence-corrected chi connectivity index (χ4v) is 3.17. The molecule has 0 bridgehead atoms. The second-order valence-corrected chi connectivity index (χ2v) is 7.85. The van der Waals surface area contributed by atoms with E-state index in [1.807, 2.05) is 12.1 Å². The molecule has 0 heterocycles. The van der Waals surface area contributed by atoms with Gasteiger partial charge in [-0.2, -0.15) is 0 Å². The van der Waals surface area contributed by atoms with E-state index in [0.717, 1.165) is 61.7 Å². The minimum atomic E-state index is -0.493. The van der Waals surface area contributed by atoms with Crippen molar-refractivity contribution in [2.24, 2.45) is 11.7 Å². The topological polar surface area (TPSA) is 64.7 Å². The number of nitrogens with two attached hydrogens (primary N) is 1. The van der Waals surface area contributed by atoms with Crippen molar-refractivity contribution in [2.45, 2.75) is 77.7 Å². The maximum atomic E-state index is 9.56. The number of hydrogen-bond acceptors (Lipinski definition) is 4. The first-order valence-electron chi connectivity index (χ1n) is 10.1. The van der Waals surface area contributed by atoms with E-state index in [9.17, 15) is 5.11 Å². The molecule has 4 nitrogen and oxygen atoms in total. The van der Waals surface area contributed by atoms with E-state index in [4.69, 9.17) is 15.2 Å². The van der Waals surface area contributed by atoms with Crippen molar-refractivity contribution in [3.05, 3.63) is 23.8 Å². The van der Waals surface area contributed by atoms with Crippen LogP contribution in [-0.2, 0) is 6.42 Å². The van der Waals surface area contributed by atoms with E-state index in [-0.39, 0.29) is 6.61 Å². The zero-order valence-corrected chi connectivity index (χ0v) is 17.2. The Hall–Kier alpha value is -1.26. The molecule has 0 saturated heterocycles. The Labute approximate surface area is 160 Å². The second-order valence-electron chi connectivity index (χ2n) is 7.85. The third kappa shape index (κ3) is 8.41. The first-order valence-corrected chi connectivity index (χ1v) is 10.1. The number of rotatable bonds is 14. The van der Waals surface area contributed by atoms with Crippen molar-refractivity contribution in [3.63, 3.8) is 0 Å². The van der Waals surface area contributed by atoms with Gasteiger partial charge in [-0.1, -0.05) is 52.5 Å². The Morgan fingerprint density at radius 1 is 1.12 bits per heavy atom. The van der Waals surface area contributed by atoms with Crippen LogP contribution in [0.1, 0.15) is 71.3 Å². The number of methoxy groups -OCH3 is 1. The van der Waals surface area contributed by atoms with Gasteiger partial charge in [0.05, 0.1) is 20.3 Å². The number of ether oxygens (including phenoxy) is 2. The average molecular weight is 366 g/mol. The zero-order chi connectivity index (χ0) is 19.4. The molecule has 1 aromatic carbocycles. The average Bonchev–Trinajstić information content (AvgIpc) is 2.63. The van der Waals surface area contributed by atoms with Crippen LogP contribution in [-0.4, -0.2) is 31.0 Å². The number of aryl methyl sites for hydroxylation is 1. The van der Waals surface area contributed by atoms with Crippen LogP contribution < -0.4 is 15.2 Å². The maximum absolute atomic E-state index is 9.56. The number of hydrogen-bond donors (Lipinski definition) is 2. The van der Waals surface area contributed by atoms with Gasteiger partial charge in [0.25, 0.3) is 0 Å². The third-order valence-corrected chi connectivity index (χ3v) is 4.89. The molecular weight excluding hydrogens is 326 g/mol. The first-order chi connectivity index (χ1) is 12.4. The van der Waals surface area contributed by atoms with Gasteiger partial charge in [-0.05, 0) is 49.3 Å². The summed E-state index contributed by atoms with van der Waals surface area (Å²) < 4.78 is 11.4. The standard InChI is InChI=1S/C22H39NO3/c1-5-13-22(23,17-24)14-12-19-10-11-20(21(16-19)25-4)26-15-8-6-7-9-18(2)3/h10-11,16,18,24H,5-9,12-15,17,23H2,1-4H3. The quantitative estimate of drug-likeness (QED) is 0.469. The summed E-state index contributed by atoms with van der Waals surface area (Å²) in [5, 5.41) is 9.56. The van der Waals surface area contributed by atoms with Crippen molar-refractivity contribution < 1.29 is 14.6 Å². The van der Waals surface area contributed by atoms with Gasteiger partial charge in [0, 0.05) is 5.54 Å². The third-order valence-electron chi connectivity index (χ3n) is 4.89. The van der Waals surface area contributed by atoms with Gasteiger partial charge in [-0.15, -0.1) is 0 Å². The molecule has 1 rings (SSSR count). The van der Waals surface area contributed by atoms with E-state index in [0.29, 0.717) is 0 Å². The molecule has 1 aromatic rings. The molecule has 0 aliphatic rings. The van der Waals surface area contributed by atoms with Gasteiger partial charge >= 0.3 is 0 Å². The number of aliphatic hydroxyl groups is 1. The number of aliphatic hydroxyl groups excluding tert-OH is 1. The molecular formula is C22H39NO3. The van der Waals surface area contributed by atoms with Crippen molar-refractivity contribution >= 4 is 0 Å². The summed E-state index contributed by atoms with van der Waals surface area (Å²) in [6.07, 6.45) is 8.21.